The molecule has 1 saturated heterocycles. The summed E-state index contributed by atoms with van der Waals surface area (Å²) in [6, 6.07) is 8.69. The van der Waals surface area contributed by atoms with Crippen LogP contribution in [0.2, 0.25) is 0 Å². The number of likely N-dealkylation sites (tertiary alicyclic amines) is 1. The first kappa shape index (κ1) is 19.7. The van der Waals surface area contributed by atoms with E-state index in [4.69, 9.17) is 5.11 Å². The number of nitrogens with zero attached hydrogens (tertiary/aromatic N) is 1. The molecule has 0 radical (unpaired) electrons. The molecule has 0 aromatic heterocycles. The zero-order valence-electron chi connectivity index (χ0n) is 15.8. The molecule has 25 heavy (non-hydrogen) atoms. The highest BCUT2D eigenvalue weighted by atomic mass is 16.3. The van der Waals surface area contributed by atoms with Crippen molar-refractivity contribution in [1.29, 1.82) is 0 Å². The molecule has 1 aromatic rings. The van der Waals surface area contributed by atoms with E-state index in [0.29, 0.717) is 19.5 Å². The van der Waals surface area contributed by atoms with Gasteiger partial charge in [0.25, 0.3) is 0 Å². The van der Waals surface area contributed by atoms with Crippen molar-refractivity contribution in [3.63, 3.8) is 0 Å². The molecule has 0 saturated carbocycles. The predicted octanol–water partition coefficient (Wildman–Crippen LogP) is 2.84. The Bertz CT molecular complexity index is 536. The van der Waals surface area contributed by atoms with Gasteiger partial charge in [-0.1, -0.05) is 43.7 Å². The second-order valence-electron chi connectivity index (χ2n) is 7.87. The van der Waals surface area contributed by atoms with E-state index in [1.807, 2.05) is 13.8 Å². The van der Waals surface area contributed by atoms with Crippen molar-refractivity contribution < 1.29 is 9.90 Å². The van der Waals surface area contributed by atoms with Gasteiger partial charge in [0.15, 0.2) is 0 Å². The van der Waals surface area contributed by atoms with Gasteiger partial charge < -0.3 is 15.7 Å². The first-order chi connectivity index (χ1) is 11.9. The first-order valence-corrected chi connectivity index (χ1v) is 9.34. The summed E-state index contributed by atoms with van der Waals surface area (Å²) in [5, 5.41) is 15.0. The Morgan fingerprint density at radius 2 is 1.84 bits per heavy atom. The molecule has 1 aromatic carbocycles. The number of rotatable bonds is 8. The first-order valence-electron chi connectivity index (χ1n) is 9.34. The van der Waals surface area contributed by atoms with Crippen molar-refractivity contribution >= 4 is 6.03 Å². The monoisotopic (exact) mass is 347 g/mol. The smallest absolute Gasteiger partial charge is 0.314 e. The topological polar surface area (TPSA) is 64.6 Å². The van der Waals surface area contributed by atoms with Gasteiger partial charge in [0.05, 0.1) is 6.04 Å². The van der Waals surface area contributed by atoms with Crippen molar-refractivity contribution in [2.45, 2.75) is 46.1 Å². The van der Waals surface area contributed by atoms with E-state index in [9.17, 15) is 4.79 Å². The molecule has 1 aliphatic heterocycles. The van der Waals surface area contributed by atoms with Crippen molar-refractivity contribution in [3.8, 4) is 0 Å². The number of urea groups is 1. The average molecular weight is 348 g/mol. The van der Waals surface area contributed by atoms with Crippen LogP contribution in [0.4, 0.5) is 4.79 Å². The number of benzene rings is 1. The standard InChI is InChI=1S/C20H33N3O2/c1-16-6-8-17(9-7-16)18(23-11-4-5-12-23)14-21-19(25)22-15-20(2,3)10-13-24/h6-9,18,24H,4-5,10-15H2,1-3H3,(H2,21,22,25). The molecule has 0 spiro atoms. The van der Waals surface area contributed by atoms with E-state index in [1.165, 1.54) is 24.0 Å². The molecule has 0 aliphatic carbocycles. The minimum absolute atomic E-state index is 0.0998. The highest BCUT2D eigenvalue weighted by molar-refractivity contribution is 5.73. The molecule has 3 N–H and O–H groups in total. The van der Waals surface area contributed by atoms with Crippen LogP contribution in [-0.2, 0) is 0 Å². The van der Waals surface area contributed by atoms with Crippen LogP contribution in [0.3, 0.4) is 0 Å². The zero-order chi connectivity index (χ0) is 18.3. The molecule has 5 heteroatoms. The molecule has 2 amide bonds. The molecular weight excluding hydrogens is 314 g/mol. The lowest BCUT2D eigenvalue weighted by atomic mass is 9.90. The maximum Gasteiger partial charge on any atom is 0.314 e. The fraction of sp³-hybridized carbons (Fsp3) is 0.650. The third-order valence-electron chi connectivity index (χ3n) is 5.02. The van der Waals surface area contributed by atoms with Gasteiger partial charge in [-0.3, -0.25) is 4.90 Å². The molecule has 1 aliphatic rings. The van der Waals surface area contributed by atoms with E-state index in [-0.39, 0.29) is 24.1 Å². The Balaban J connectivity index is 1.91. The van der Waals surface area contributed by atoms with Gasteiger partial charge in [0.2, 0.25) is 0 Å². The maximum absolute atomic E-state index is 12.2. The molecule has 2 rings (SSSR count). The van der Waals surface area contributed by atoms with Crippen molar-refractivity contribution in [2.24, 2.45) is 5.41 Å². The molecule has 0 bridgehead atoms. The van der Waals surface area contributed by atoms with E-state index >= 15 is 0 Å². The third kappa shape index (κ3) is 6.33. The Kier molecular flexibility index (Phi) is 7.26. The lowest BCUT2D eigenvalue weighted by molar-refractivity contribution is 0.197. The van der Waals surface area contributed by atoms with Crippen LogP contribution in [0.15, 0.2) is 24.3 Å². The summed E-state index contributed by atoms with van der Waals surface area (Å²) >= 11 is 0. The Labute approximate surface area is 151 Å². The van der Waals surface area contributed by atoms with Gasteiger partial charge in [-0.15, -0.1) is 0 Å². The van der Waals surface area contributed by atoms with Gasteiger partial charge in [-0.2, -0.15) is 0 Å². The number of hydrogen-bond donors (Lipinski definition) is 3. The van der Waals surface area contributed by atoms with Gasteiger partial charge in [-0.25, -0.2) is 4.79 Å². The Hall–Kier alpha value is -1.59. The second-order valence-corrected chi connectivity index (χ2v) is 7.87. The summed E-state index contributed by atoms with van der Waals surface area (Å²) in [4.78, 5) is 14.7. The summed E-state index contributed by atoms with van der Waals surface area (Å²) < 4.78 is 0. The van der Waals surface area contributed by atoms with Gasteiger partial charge in [-0.05, 0) is 50.3 Å². The van der Waals surface area contributed by atoms with Crippen LogP contribution >= 0.6 is 0 Å². The average Bonchev–Trinajstić information content (AvgIpc) is 3.09. The van der Waals surface area contributed by atoms with Gasteiger partial charge >= 0.3 is 6.03 Å². The highest BCUT2D eigenvalue weighted by Crippen LogP contribution is 2.25. The molecule has 5 nitrogen and oxygen atoms in total. The lowest BCUT2D eigenvalue weighted by Gasteiger charge is -2.29. The summed E-state index contributed by atoms with van der Waals surface area (Å²) in [5.41, 5.74) is 2.41. The van der Waals surface area contributed by atoms with E-state index in [2.05, 4.69) is 46.7 Å². The largest absolute Gasteiger partial charge is 0.396 e. The normalized spacial score (nSPS) is 16.6. The fourth-order valence-corrected chi connectivity index (χ4v) is 3.26. The van der Waals surface area contributed by atoms with Crippen LogP contribution < -0.4 is 10.6 Å². The summed E-state index contributed by atoms with van der Waals surface area (Å²) in [6.07, 6.45) is 3.13. The number of hydrogen-bond acceptors (Lipinski definition) is 3. The van der Waals surface area contributed by atoms with E-state index in [0.717, 1.165) is 13.1 Å². The quantitative estimate of drug-likeness (QED) is 0.677. The van der Waals surface area contributed by atoms with Crippen molar-refractivity contribution in [3.05, 3.63) is 35.4 Å². The third-order valence-corrected chi connectivity index (χ3v) is 5.02. The lowest BCUT2D eigenvalue weighted by Crippen LogP contribution is -2.44. The minimum Gasteiger partial charge on any atom is -0.396 e. The van der Waals surface area contributed by atoms with Crippen LogP contribution in [0.1, 0.15) is 50.3 Å². The fourth-order valence-electron chi connectivity index (χ4n) is 3.26. The Morgan fingerprint density at radius 1 is 1.20 bits per heavy atom. The molecular formula is C20H33N3O2. The van der Waals surface area contributed by atoms with Crippen LogP contribution in [0, 0.1) is 12.3 Å². The molecule has 1 heterocycles. The predicted molar refractivity (Wildman–Crippen MR) is 102 cm³/mol. The van der Waals surface area contributed by atoms with Crippen molar-refractivity contribution in [1.82, 2.24) is 15.5 Å². The number of amides is 2. The van der Waals surface area contributed by atoms with Crippen LogP contribution in [0.25, 0.3) is 0 Å². The summed E-state index contributed by atoms with van der Waals surface area (Å²) in [7, 11) is 0. The summed E-state index contributed by atoms with van der Waals surface area (Å²) in [5.74, 6) is 0. The van der Waals surface area contributed by atoms with Gasteiger partial charge in [0.1, 0.15) is 0 Å². The number of aryl methyl sites for hydroxylation is 1. The molecule has 1 unspecified atom stereocenters. The SMILES string of the molecule is Cc1ccc(C(CNC(=O)NCC(C)(C)CCO)N2CCCC2)cc1. The number of nitrogens with one attached hydrogen (secondary N) is 2. The van der Waals surface area contributed by atoms with Crippen LogP contribution in [0.5, 0.6) is 0 Å². The number of carbonyl (C=O) groups is 1. The second kappa shape index (κ2) is 9.20. The molecule has 1 atom stereocenters. The van der Waals surface area contributed by atoms with E-state index in [1.54, 1.807) is 0 Å². The number of aliphatic hydroxyl groups is 1. The van der Waals surface area contributed by atoms with Crippen LogP contribution in [-0.4, -0.2) is 48.8 Å². The van der Waals surface area contributed by atoms with E-state index < -0.39 is 0 Å². The van der Waals surface area contributed by atoms with Crippen molar-refractivity contribution in [2.75, 3.05) is 32.8 Å². The number of carbonyl (C=O) groups excluding carboxylic acids is 1. The Morgan fingerprint density at radius 3 is 2.44 bits per heavy atom. The maximum atomic E-state index is 12.2. The highest BCUT2D eigenvalue weighted by Gasteiger charge is 2.24. The molecule has 1 fully saturated rings. The number of aliphatic hydroxyl groups excluding tert-OH is 1. The minimum atomic E-state index is -0.137. The summed E-state index contributed by atoms with van der Waals surface area (Å²) in [6.45, 7) is 9.66. The van der Waals surface area contributed by atoms with Gasteiger partial charge in [0, 0.05) is 19.7 Å². The molecule has 140 valence electrons. The zero-order valence-corrected chi connectivity index (χ0v) is 15.8.